The highest BCUT2D eigenvalue weighted by atomic mass is 19.1. The number of anilines is 1. The second-order valence-corrected chi connectivity index (χ2v) is 8.99. The van der Waals surface area contributed by atoms with E-state index in [9.17, 15) is 23.9 Å². The fraction of sp³-hybridized carbons (Fsp3) is 0.458. The van der Waals surface area contributed by atoms with Crippen LogP contribution in [0.2, 0.25) is 0 Å². The van der Waals surface area contributed by atoms with Gasteiger partial charge in [-0.15, -0.1) is 0 Å². The van der Waals surface area contributed by atoms with Crippen molar-refractivity contribution >= 4 is 23.3 Å². The van der Waals surface area contributed by atoms with E-state index in [2.05, 4.69) is 10.6 Å². The van der Waals surface area contributed by atoms with E-state index >= 15 is 0 Å². The number of Topliss-reactive ketones (excluding diaryl/α,β-unsaturated/α-hetero) is 1. The minimum atomic E-state index is -0.728. The van der Waals surface area contributed by atoms with Crippen LogP contribution in [0.3, 0.4) is 0 Å². The zero-order valence-electron chi connectivity index (χ0n) is 19.1. The van der Waals surface area contributed by atoms with Crippen molar-refractivity contribution in [2.24, 2.45) is 7.05 Å². The molecule has 1 aliphatic carbocycles. The van der Waals surface area contributed by atoms with Gasteiger partial charge < -0.3 is 20.3 Å². The lowest BCUT2D eigenvalue weighted by Gasteiger charge is -2.36. The number of carbonyl (C=O) groups is 3. The summed E-state index contributed by atoms with van der Waals surface area (Å²) >= 11 is 0. The lowest BCUT2D eigenvalue weighted by Crippen LogP contribution is -2.51. The molecule has 0 spiro atoms. The molecular formula is C24H30FN3O4. The van der Waals surface area contributed by atoms with E-state index in [0.717, 1.165) is 0 Å². The van der Waals surface area contributed by atoms with Crippen molar-refractivity contribution in [2.75, 3.05) is 5.32 Å². The van der Waals surface area contributed by atoms with E-state index in [1.807, 2.05) is 6.92 Å². The molecule has 32 heavy (non-hydrogen) atoms. The first-order valence-corrected chi connectivity index (χ1v) is 10.7. The Morgan fingerprint density at radius 3 is 2.38 bits per heavy atom. The third-order valence-electron chi connectivity index (χ3n) is 6.47. The Morgan fingerprint density at radius 1 is 1.16 bits per heavy atom. The van der Waals surface area contributed by atoms with E-state index in [-0.39, 0.29) is 17.6 Å². The Labute approximate surface area is 187 Å². The molecule has 0 atom stereocenters. The van der Waals surface area contributed by atoms with Gasteiger partial charge in [0.05, 0.1) is 17.4 Å². The lowest BCUT2D eigenvalue weighted by molar-refractivity contribution is -0.119. The minimum Gasteiger partial charge on any atom is -0.393 e. The van der Waals surface area contributed by atoms with Gasteiger partial charge in [0.1, 0.15) is 5.82 Å². The van der Waals surface area contributed by atoms with Gasteiger partial charge in [-0.05, 0) is 82.7 Å². The van der Waals surface area contributed by atoms with Crippen LogP contribution in [-0.4, -0.2) is 38.9 Å². The molecule has 0 bridgehead atoms. The number of hydrogen-bond acceptors (Lipinski definition) is 4. The van der Waals surface area contributed by atoms with Gasteiger partial charge in [0, 0.05) is 24.0 Å². The maximum Gasteiger partial charge on any atom is 0.294 e. The van der Waals surface area contributed by atoms with Crippen LogP contribution in [0, 0.1) is 26.6 Å². The Kier molecular flexibility index (Phi) is 6.55. The Balaban J connectivity index is 1.83. The zero-order chi connectivity index (χ0) is 23.8. The van der Waals surface area contributed by atoms with E-state index in [0.29, 0.717) is 53.8 Å². The second kappa shape index (κ2) is 8.86. The van der Waals surface area contributed by atoms with Crippen molar-refractivity contribution in [1.29, 1.82) is 0 Å². The van der Waals surface area contributed by atoms with Crippen LogP contribution in [0.1, 0.15) is 70.3 Å². The van der Waals surface area contributed by atoms with Crippen molar-refractivity contribution in [3.8, 4) is 0 Å². The quantitative estimate of drug-likeness (QED) is 0.487. The van der Waals surface area contributed by atoms with Gasteiger partial charge in [0.25, 0.3) is 17.6 Å². The van der Waals surface area contributed by atoms with Crippen LogP contribution >= 0.6 is 0 Å². The highest BCUT2D eigenvalue weighted by molar-refractivity contribution is 6.43. The Morgan fingerprint density at radius 2 is 1.78 bits per heavy atom. The standard InChI is InChI=1S/C24H30FN3O4/c1-13-12-16(6-7-18(13)25)26-22(31)19-14(2)20(28(5)15(19)3)21(30)23(32)27-24(4)10-8-17(29)9-11-24/h6-7,12,17,29H,8-11H2,1-5H3,(H,26,31)(H,27,32). The molecule has 0 unspecified atom stereocenters. The number of aliphatic hydroxyl groups excluding tert-OH is 1. The van der Waals surface area contributed by atoms with E-state index in [1.165, 1.54) is 18.2 Å². The first-order chi connectivity index (χ1) is 14.9. The van der Waals surface area contributed by atoms with Gasteiger partial charge in [0.2, 0.25) is 0 Å². The van der Waals surface area contributed by atoms with Gasteiger partial charge in [0.15, 0.2) is 0 Å². The topological polar surface area (TPSA) is 100 Å². The molecule has 1 aromatic heterocycles. The number of aliphatic hydroxyl groups is 1. The molecule has 3 rings (SSSR count). The summed E-state index contributed by atoms with van der Waals surface area (Å²) in [5.41, 5.74) is 1.70. The average Bonchev–Trinajstić information content (AvgIpc) is 2.95. The SMILES string of the molecule is Cc1cc(NC(=O)c2c(C)c(C(=O)C(=O)NC3(C)CCC(O)CC3)n(C)c2C)ccc1F. The number of amides is 2. The fourth-order valence-corrected chi connectivity index (χ4v) is 4.35. The highest BCUT2D eigenvalue weighted by Crippen LogP contribution is 2.29. The summed E-state index contributed by atoms with van der Waals surface area (Å²) in [5.74, 6) is -2.24. The molecule has 0 radical (unpaired) electrons. The molecule has 2 aromatic rings. The van der Waals surface area contributed by atoms with Crippen LogP contribution in [0.5, 0.6) is 0 Å². The summed E-state index contributed by atoms with van der Waals surface area (Å²) in [6.45, 7) is 6.82. The van der Waals surface area contributed by atoms with Crippen molar-refractivity contribution in [3.63, 3.8) is 0 Å². The normalized spacial score (nSPS) is 20.7. The molecular weight excluding hydrogens is 413 g/mol. The number of nitrogens with zero attached hydrogens (tertiary/aromatic N) is 1. The number of nitrogens with one attached hydrogen (secondary N) is 2. The smallest absolute Gasteiger partial charge is 0.294 e. The first-order valence-electron chi connectivity index (χ1n) is 10.7. The lowest BCUT2D eigenvalue weighted by atomic mass is 9.82. The average molecular weight is 444 g/mol. The minimum absolute atomic E-state index is 0.153. The fourth-order valence-electron chi connectivity index (χ4n) is 4.35. The molecule has 1 aliphatic rings. The van der Waals surface area contributed by atoms with Gasteiger partial charge in [-0.1, -0.05) is 0 Å². The summed E-state index contributed by atoms with van der Waals surface area (Å²) in [7, 11) is 1.64. The molecule has 172 valence electrons. The predicted molar refractivity (Wildman–Crippen MR) is 119 cm³/mol. The third kappa shape index (κ3) is 4.60. The van der Waals surface area contributed by atoms with Crippen LogP contribution in [0.25, 0.3) is 0 Å². The number of hydrogen-bond donors (Lipinski definition) is 3. The Bertz CT molecular complexity index is 1080. The molecule has 1 fully saturated rings. The van der Waals surface area contributed by atoms with Crippen LogP contribution in [-0.2, 0) is 11.8 Å². The summed E-state index contributed by atoms with van der Waals surface area (Å²) in [5, 5.41) is 15.3. The van der Waals surface area contributed by atoms with Crippen LogP contribution in [0.4, 0.5) is 10.1 Å². The van der Waals surface area contributed by atoms with Crippen molar-refractivity contribution < 1.29 is 23.9 Å². The predicted octanol–water partition coefficient (Wildman–Crippen LogP) is 3.33. The van der Waals surface area contributed by atoms with E-state index < -0.39 is 23.1 Å². The highest BCUT2D eigenvalue weighted by Gasteiger charge is 2.35. The molecule has 0 aliphatic heterocycles. The van der Waals surface area contributed by atoms with E-state index in [4.69, 9.17) is 0 Å². The maximum atomic E-state index is 13.5. The number of ketones is 1. The monoisotopic (exact) mass is 443 g/mol. The van der Waals surface area contributed by atoms with E-state index in [1.54, 1.807) is 32.4 Å². The van der Waals surface area contributed by atoms with Crippen LogP contribution < -0.4 is 10.6 Å². The number of rotatable bonds is 5. The number of benzene rings is 1. The van der Waals surface area contributed by atoms with Gasteiger partial charge in [-0.3, -0.25) is 14.4 Å². The summed E-state index contributed by atoms with van der Waals surface area (Å²) in [4.78, 5) is 38.8. The number of halogens is 1. The molecule has 7 nitrogen and oxygen atoms in total. The molecule has 8 heteroatoms. The molecule has 1 heterocycles. The number of aromatic nitrogens is 1. The Hall–Kier alpha value is -3.00. The van der Waals surface area contributed by atoms with Gasteiger partial charge in [-0.25, -0.2) is 4.39 Å². The van der Waals surface area contributed by atoms with Gasteiger partial charge >= 0.3 is 0 Å². The van der Waals surface area contributed by atoms with Crippen molar-refractivity contribution in [1.82, 2.24) is 9.88 Å². The molecule has 3 N–H and O–H groups in total. The molecule has 1 saturated carbocycles. The van der Waals surface area contributed by atoms with Crippen LogP contribution in [0.15, 0.2) is 18.2 Å². The second-order valence-electron chi connectivity index (χ2n) is 8.99. The largest absolute Gasteiger partial charge is 0.393 e. The molecule has 1 aromatic carbocycles. The van der Waals surface area contributed by atoms with Gasteiger partial charge in [-0.2, -0.15) is 0 Å². The number of aryl methyl sites for hydroxylation is 1. The first kappa shape index (κ1) is 23.7. The third-order valence-corrected chi connectivity index (χ3v) is 6.47. The molecule has 0 saturated heterocycles. The molecule has 2 amide bonds. The summed E-state index contributed by atoms with van der Waals surface area (Å²) in [6, 6.07) is 4.27. The maximum absolute atomic E-state index is 13.5. The number of carbonyl (C=O) groups excluding carboxylic acids is 3. The zero-order valence-corrected chi connectivity index (χ0v) is 19.1. The summed E-state index contributed by atoms with van der Waals surface area (Å²) < 4.78 is 15.1. The summed E-state index contributed by atoms with van der Waals surface area (Å²) in [6.07, 6.45) is 1.94. The van der Waals surface area contributed by atoms with Crippen molar-refractivity contribution in [3.05, 3.63) is 52.1 Å². The van der Waals surface area contributed by atoms with Crippen molar-refractivity contribution in [2.45, 2.75) is 65.0 Å².